The van der Waals surface area contributed by atoms with E-state index < -0.39 is 29.5 Å². The number of piperazine rings is 1. The minimum absolute atomic E-state index is 0.0374. The molecule has 2 aliphatic carbocycles. The lowest BCUT2D eigenvalue weighted by Gasteiger charge is -2.39. The Balaban J connectivity index is 1.19. The first kappa shape index (κ1) is 29.2. The molecule has 46 heavy (non-hydrogen) atoms. The Morgan fingerprint density at radius 1 is 1.17 bits per heavy atom. The van der Waals surface area contributed by atoms with Gasteiger partial charge in [-0.1, -0.05) is 24.8 Å². The fourth-order valence-corrected chi connectivity index (χ4v) is 8.55. The van der Waals surface area contributed by atoms with E-state index in [1.165, 1.54) is 28.5 Å². The molecule has 8 rings (SSSR count). The summed E-state index contributed by atoms with van der Waals surface area (Å²) in [4.78, 5) is 31.0. The summed E-state index contributed by atoms with van der Waals surface area (Å²) >= 11 is 0. The fourth-order valence-electron chi connectivity index (χ4n) is 8.55. The second-order valence-corrected chi connectivity index (χ2v) is 13.6. The Kier molecular flexibility index (Phi) is 6.98. The van der Waals surface area contributed by atoms with Crippen LogP contribution in [0.25, 0.3) is 26.9 Å². The number of hydrogen-bond acceptors (Lipinski definition) is 6. The van der Waals surface area contributed by atoms with Crippen molar-refractivity contribution in [3.05, 3.63) is 71.1 Å². The summed E-state index contributed by atoms with van der Waals surface area (Å²) in [6.07, 6.45) is 3.45. The van der Waals surface area contributed by atoms with Gasteiger partial charge in [-0.25, -0.2) is 19.7 Å². The number of carbonyl (C=O) groups is 1. The van der Waals surface area contributed by atoms with Crippen molar-refractivity contribution in [1.29, 1.82) is 0 Å². The van der Waals surface area contributed by atoms with Gasteiger partial charge in [0, 0.05) is 43.5 Å². The van der Waals surface area contributed by atoms with E-state index in [1.54, 1.807) is 6.07 Å². The van der Waals surface area contributed by atoms with Crippen LogP contribution < -0.4 is 9.64 Å². The van der Waals surface area contributed by atoms with Crippen molar-refractivity contribution in [2.75, 3.05) is 50.8 Å². The van der Waals surface area contributed by atoms with Crippen LogP contribution in [0.15, 0.2) is 42.7 Å². The van der Waals surface area contributed by atoms with Gasteiger partial charge in [0.1, 0.15) is 30.5 Å². The molecule has 0 unspecified atom stereocenters. The predicted octanol–water partition coefficient (Wildman–Crippen LogP) is 5.47. The summed E-state index contributed by atoms with van der Waals surface area (Å²) in [5.74, 6) is -0.663. The summed E-state index contributed by atoms with van der Waals surface area (Å²) in [5, 5.41) is 0.477. The molecule has 5 aliphatic rings. The first-order chi connectivity index (χ1) is 22.2. The Bertz CT molecular complexity index is 1810. The van der Waals surface area contributed by atoms with Crippen LogP contribution in [-0.2, 0) is 11.2 Å². The molecule has 0 N–H and O–H groups in total. The highest BCUT2D eigenvalue weighted by Gasteiger charge is 2.49. The Labute approximate surface area is 265 Å². The zero-order valence-corrected chi connectivity index (χ0v) is 25.5. The zero-order valence-electron chi connectivity index (χ0n) is 25.5. The number of amides is 1. The Hall–Kier alpha value is -4.17. The van der Waals surface area contributed by atoms with Gasteiger partial charge in [-0.2, -0.15) is 9.97 Å². The molecular weight excluding hydrogens is 593 g/mol. The first-order valence-corrected chi connectivity index (χ1v) is 16.1. The molecule has 1 aromatic heterocycles. The Morgan fingerprint density at radius 3 is 2.87 bits per heavy atom. The number of aromatic nitrogens is 2. The van der Waals surface area contributed by atoms with E-state index in [-0.39, 0.29) is 44.6 Å². The maximum Gasteiger partial charge on any atom is 0.319 e. The highest BCUT2D eigenvalue weighted by molar-refractivity contribution is 5.94. The van der Waals surface area contributed by atoms with Crippen LogP contribution in [0, 0.1) is 18.3 Å². The highest BCUT2D eigenvalue weighted by Crippen LogP contribution is 2.58. The summed E-state index contributed by atoms with van der Waals surface area (Å²) in [6, 6.07) is 8.84. The van der Waals surface area contributed by atoms with Crippen LogP contribution in [0.3, 0.4) is 0 Å². The number of hydrogen-bond donors (Lipinski definition) is 0. The molecule has 0 radical (unpaired) electrons. The van der Waals surface area contributed by atoms with Crippen molar-refractivity contribution in [2.24, 2.45) is 5.92 Å². The van der Waals surface area contributed by atoms with Crippen LogP contribution in [0.1, 0.15) is 42.7 Å². The van der Waals surface area contributed by atoms with Gasteiger partial charge >= 0.3 is 6.01 Å². The number of anilines is 1. The molecule has 238 valence electrons. The molecule has 0 bridgehead atoms. The number of fused-ring (bicyclic) bond motifs is 5. The van der Waals surface area contributed by atoms with E-state index in [9.17, 15) is 13.6 Å². The molecule has 3 aliphatic heterocycles. The third-order valence-electron chi connectivity index (χ3n) is 10.8. The molecule has 3 aromatic rings. The highest BCUT2D eigenvalue weighted by atomic mass is 19.1. The smallest absolute Gasteiger partial charge is 0.319 e. The van der Waals surface area contributed by atoms with Gasteiger partial charge in [0.15, 0.2) is 5.83 Å². The third-order valence-corrected chi connectivity index (χ3v) is 10.8. The van der Waals surface area contributed by atoms with Gasteiger partial charge in [-0.15, -0.1) is 0 Å². The standard InChI is InChI=1S/C35H35F3N6O2/c1-20(36)33(45)44-10-9-42(18-23(44)16-39-2)32-29-13-30(38)28(25-6-3-5-24-26-11-21(26)12-27(24)25)14-31(29)40-34(41-32)46-19-35-7-4-8-43(35)17-22(37)15-35/h3,5-6,13-14,21-23,26H,1,4,7-12,15-19H2/t21-,22+,23-,26-,35-/m0/s1. The molecule has 0 spiro atoms. The lowest BCUT2D eigenvalue weighted by molar-refractivity contribution is -0.131. The van der Waals surface area contributed by atoms with E-state index >= 15 is 4.39 Å². The van der Waals surface area contributed by atoms with Crippen LogP contribution in [0.5, 0.6) is 6.01 Å². The summed E-state index contributed by atoms with van der Waals surface area (Å²) < 4.78 is 50.8. The molecule has 1 amide bonds. The van der Waals surface area contributed by atoms with Crippen molar-refractivity contribution < 1.29 is 22.7 Å². The normalized spacial score (nSPS) is 28.1. The van der Waals surface area contributed by atoms with Crippen molar-refractivity contribution >= 4 is 22.6 Å². The van der Waals surface area contributed by atoms with E-state index in [0.29, 0.717) is 47.1 Å². The maximum absolute atomic E-state index is 16.1. The number of halogens is 3. The lowest BCUT2D eigenvalue weighted by atomic mass is 9.93. The molecule has 5 atom stereocenters. The quantitative estimate of drug-likeness (QED) is 0.256. The average Bonchev–Trinajstić information content (AvgIpc) is 3.38. The van der Waals surface area contributed by atoms with Crippen molar-refractivity contribution in [3.8, 4) is 17.1 Å². The minimum Gasteiger partial charge on any atom is -0.461 e. The second kappa shape index (κ2) is 11.0. The van der Waals surface area contributed by atoms with E-state index in [1.807, 2.05) is 17.0 Å². The van der Waals surface area contributed by atoms with Crippen LogP contribution in [0.2, 0.25) is 0 Å². The number of nitrogens with zero attached hydrogens (tertiary/aromatic N) is 6. The molecular formula is C35H35F3N6O2. The van der Waals surface area contributed by atoms with Gasteiger partial charge in [0.2, 0.25) is 6.54 Å². The number of rotatable bonds is 7. The van der Waals surface area contributed by atoms with Crippen molar-refractivity contribution in [3.63, 3.8) is 0 Å². The summed E-state index contributed by atoms with van der Waals surface area (Å²) in [5.41, 5.74) is 3.96. The topological polar surface area (TPSA) is 66.2 Å². The van der Waals surface area contributed by atoms with Gasteiger partial charge < -0.3 is 19.4 Å². The predicted molar refractivity (Wildman–Crippen MR) is 167 cm³/mol. The maximum atomic E-state index is 16.1. The minimum atomic E-state index is -1.08. The largest absolute Gasteiger partial charge is 0.461 e. The van der Waals surface area contributed by atoms with Gasteiger partial charge in [-0.05, 0) is 72.9 Å². The number of benzene rings is 2. The van der Waals surface area contributed by atoms with E-state index in [0.717, 1.165) is 31.4 Å². The molecule has 3 saturated heterocycles. The average molecular weight is 629 g/mol. The van der Waals surface area contributed by atoms with Crippen molar-refractivity contribution in [2.45, 2.75) is 55.8 Å². The second-order valence-electron chi connectivity index (χ2n) is 13.6. The SMILES string of the molecule is [C-]#[N+]C[C@H]1CN(c2nc(OC[C@@]34CCCN3C[C@H](F)C4)nc3cc(-c4cccc5c4C[C@@H]4C[C@H]54)c(F)cc23)CCN1C(=O)C(=C)F. The fraction of sp³-hybridized carbons (Fsp3) is 0.486. The molecule has 8 nitrogen and oxygen atoms in total. The molecule has 4 fully saturated rings. The molecule has 11 heteroatoms. The summed E-state index contributed by atoms with van der Waals surface area (Å²) in [7, 11) is 0. The van der Waals surface area contributed by atoms with Crippen LogP contribution >= 0.6 is 0 Å². The van der Waals surface area contributed by atoms with E-state index in [2.05, 4.69) is 22.4 Å². The molecule has 1 saturated carbocycles. The van der Waals surface area contributed by atoms with Gasteiger partial charge in [0.25, 0.3) is 5.91 Å². The van der Waals surface area contributed by atoms with Crippen LogP contribution in [0.4, 0.5) is 19.0 Å². The number of carbonyl (C=O) groups excluding carboxylic acids is 1. The first-order valence-electron chi connectivity index (χ1n) is 16.1. The Morgan fingerprint density at radius 2 is 2.04 bits per heavy atom. The van der Waals surface area contributed by atoms with Gasteiger partial charge in [0.05, 0.1) is 11.1 Å². The van der Waals surface area contributed by atoms with E-state index in [4.69, 9.17) is 21.3 Å². The van der Waals surface area contributed by atoms with Gasteiger partial charge in [-0.3, -0.25) is 9.69 Å². The van der Waals surface area contributed by atoms with Crippen LogP contribution in [-0.4, -0.2) is 89.3 Å². The third kappa shape index (κ3) is 4.80. The summed E-state index contributed by atoms with van der Waals surface area (Å²) in [6.45, 7) is 12.6. The van der Waals surface area contributed by atoms with Crippen molar-refractivity contribution in [1.82, 2.24) is 19.8 Å². The number of ether oxygens (including phenoxy) is 1. The molecule has 4 heterocycles. The molecule has 2 aromatic carbocycles. The zero-order chi connectivity index (χ0) is 31.7. The lowest BCUT2D eigenvalue weighted by Crippen LogP contribution is -2.56. The monoisotopic (exact) mass is 628 g/mol. The number of alkyl halides is 1.